The first kappa shape index (κ1) is 10.5. The van der Waals surface area contributed by atoms with Gasteiger partial charge >= 0.3 is 0 Å². The quantitative estimate of drug-likeness (QED) is 0.828. The molecule has 0 saturated carbocycles. The first-order valence-corrected chi connectivity index (χ1v) is 6.65. The Labute approximate surface area is 94.8 Å². The highest BCUT2D eigenvalue weighted by Gasteiger charge is 2.04. The van der Waals surface area contributed by atoms with Gasteiger partial charge in [0.25, 0.3) is 0 Å². The van der Waals surface area contributed by atoms with Gasteiger partial charge in [-0.1, -0.05) is 0 Å². The fourth-order valence-corrected chi connectivity index (χ4v) is 2.14. The lowest BCUT2D eigenvalue weighted by atomic mass is 10.4. The number of rotatable bonds is 3. The lowest BCUT2D eigenvalue weighted by Crippen LogP contribution is -2.06. The zero-order valence-electron chi connectivity index (χ0n) is 8.27. The van der Waals surface area contributed by atoms with E-state index in [4.69, 9.17) is 12.2 Å². The number of imidazole rings is 1. The molecule has 2 heterocycles. The Balaban J connectivity index is 2.45. The minimum absolute atomic E-state index is 0.595. The van der Waals surface area contributed by atoms with Crippen molar-refractivity contribution in [2.24, 2.45) is 0 Å². The normalized spacial score (nSPS) is 13.1. The van der Waals surface area contributed by atoms with E-state index in [1.54, 1.807) is 12.5 Å². The SMILES string of the molecule is CS(=O)CCn1c(=S)[nH]c2cccnc21. The zero-order chi connectivity index (χ0) is 10.8. The fraction of sp³-hybridized carbons (Fsp3) is 0.333. The Hall–Kier alpha value is -1.01. The van der Waals surface area contributed by atoms with Gasteiger partial charge in [-0.3, -0.25) is 4.21 Å². The molecule has 80 valence electrons. The van der Waals surface area contributed by atoms with Crippen LogP contribution < -0.4 is 0 Å². The molecule has 2 aromatic heterocycles. The van der Waals surface area contributed by atoms with Crippen molar-refractivity contribution in [3.05, 3.63) is 23.1 Å². The number of aryl methyl sites for hydroxylation is 1. The highest BCUT2D eigenvalue weighted by molar-refractivity contribution is 7.84. The summed E-state index contributed by atoms with van der Waals surface area (Å²) >= 11 is 5.17. The van der Waals surface area contributed by atoms with Gasteiger partial charge in [0, 0.05) is 35.5 Å². The van der Waals surface area contributed by atoms with Crippen LogP contribution in [0.2, 0.25) is 0 Å². The molecule has 4 nitrogen and oxygen atoms in total. The highest BCUT2D eigenvalue weighted by atomic mass is 32.2. The molecule has 1 unspecified atom stereocenters. The second-order valence-electron chi connectivity index (χ2n) is 3.23. The summed E-state index contributed by atoms with van der Waals surface area (Å²) in [7, 11) is -0.810. The molecule has 0 fully saturated rings. The minimum atomic E-state index is -0.810. The van der Waals surface area contributed by atoms with E-state index in [1.165, 1.54) is 0 Å². The van der Waals surface area contributed by atoms with Crippen molar-refractivity contribution in [3.8, 4) is 0 Å². The third kappa shape index (κ3) is 2.15. The molecular weight excluding hydrogens is 230 g/mol. The van der Waals surface area contributed by atoms with E-state index in [2.05, 4.69) is 9.97 Å². The van der Waals surface area contributed by atoms with E-state index in [0.29, 0.717) is 17.1 Å². The molecule has 0 aromatic carbocycles. The molecule has 2 aromatic rings. The predicted octanol–water partition coefficient (Wildman–Crippen LogP) is 1.47. The maximum absolute atomic E-state index is 11.0. The third-order valence-corrected chi connectivity index (χ3v) is 3.21. The van der Waals surface area contributed by atoms with Crippen molar-refractivity contribution in [1.29, 1.82) is 0 Å². The number of H-pyrrole nitrogens is 1. The van der Waals surface area contributed by atoms with Gasteiger partial charge in [0.05, 0.1) is 5.52 Å². The molecule has 0 amide bonds. The van der Waals surface area contributed by atoms with E-state index < -0.39 is 10.8 Å². The largest absolute Gasteiger partial charge is 0.329 e. The van der Waals surface area contributed by atoms with Crippen molar-refractivity contribution >= 4 is 34.2 Å². The van der Waals surface area contributed by atoms with Gasteiger partial charge in [0.1, 0.15) is 0 Å². The third-order valence-electron chi connectivity index (χ3n) is 2.13. The second kappa shape index (κ2) is 4.24. The fourth-order valence-electron chi connectivity index (χ4n) is 1.42. The van der Waals surface area contributed by atoms with E-state index in [0.717, 1.165) is 11.2 Å². The summed E-state index contributed by atoms with van der Waals surface area (Å²) in [5, 5.41) is 0. The lowest BCUT2D eigenvalue weighted by Gasteiger charge is -2.00. The standard InChI is InChI=1S/C9H11N3OS2/c1-15(13)6-5-12-8-7(11-9(12)14)3-2-4-10-8/h2-4H,5-6H2,1H3,(H,11,14). The molecule has 2 rings (SSSR count). The van der Waals surface area contributed by atoms with Crippen LogP contribution in [0.15, 0.2) is 18.3 Å². The molecule has 1 atom stereocenters. The summed E-state index contributed by atoms with van der Waals surface area (Å²) in [6.45, 7) is 0.638. The zero-order valence-corrected chi connectivity index (χ0v) is 9.90. The summed E-state index contributed by atoms with van der Waals surface area (Å²) < 4.78 is 13.5. The van der Waals surface area contributed by atoms with Gasteiger partial charge in [-0.15, -0.1) is 0 Å². The van der Waals surface area contributed by atoms with Gasteiger partial charge in [-0.25, -0.2) is 4.98 Å². The summed E-state index contributed by atoms with van der Waals surface area (Å²) in [6.07, 6.45) is 3.41. The van der Waals surface area contributed by atoms with Crippen LogP contribution >= 0.6 is 12.2 Å². The van der Waals surface area contributed by atoms with E-state index in [-0.39, 0.29) is 0 Å². The summed E-state index contributed by atoms with van der Waals surface area (Å²) in [5.74, 6) is 0.595. The van der Waals surface area contributed by atoms with E-state index in [9.17, 15) is 4.21 Å². The van der Waals surface area contributed by atoms with E-state index in [1.807, 2.05) is 16.7 Å². The highest BCUT2D eigenvalue weighted by Crippen LogP contribution is 2.10. The van der Waals surface area contributed by atoms with Crippen LogP contribution in [0, 0.1) is 4.77 Å². The number of nitrogens with one attached hydrogen (secondary N) is 1. The van der Waals surface area contributed by atoms with Crippen LogP contribution in [0.3, 0.4) is 0 Å². The molecule has 0 saturated heterocycles. The molecule has 0 radical (unpaired) electrons. The number of hydrogen-bond donors (Lipinski definition) is 1. The average Bonchev–Trinajstić information content (AvgIpc) is 2.50. The van der Waals surface area contributed by atoms with Gasteiger partial charge < -0.3 is 9.55 Å². The first-order chi connectivity index (χ1) is 7.18. The molecule has 15 heavy (non-hydrogen) atoms. The Kier molecular flexibility index (Phi) is 2.97. The topological polar surface area (TPSA) is 50.7 Å². The Morgan fingerprint density at radius 3 is 3.20 bits per heavy atom. The Morgan fingerprint density at radius 2 is 2.47 bits per heavy atom. The van der Waals surface area contributed by atoms with Crippen molar-refractivity contribution in [2.75, 3.05) is 12.0 Å². The van der Waals surface area contributed by atoms with Crippen molar-refractivity contribution < 1.29 is 4.21 Å². The van der Waals surface area contributed by atoms with Crippen LogP contribution in [-0.4, -0.2) is 30.8 Å². The van der Waals surface area contributed by atoms with Gasteiger partial charge in [-0.05, 0) is 24.4 Å². The van der Waals surface area contributed by atoms with Crippen molar-refractivity contribution in [2.45, 2.75) is 6.54 Å². The molecule has 6 heteroatoms. The second-order valence-corrected chi connectivity index (χ2v) is 5.18. The smallest absolute Gasteiger partial charge is 0.179 e. The molecule has 0 aliphatic carbocycles. The monoisotopic (exact) mass is 241 g/mol. The van der Waals surface area contributed by atoms with Crippen molar-refractivity contribution in [1.82, 2.24) is 14.5 Å². The van der Waals surface area contributed by atoms with Crippen LogP contribution in [0.5, 0.6) is 0 Å². The molecule has 0 bridgehead atoms. The number of nitrogens with zero attached hydrogens (tertiary/aromatic N) is 2. The van der Waals surface area contributed by atoms with Crippen LogP contribution in [-0.2, 0) is 17.3 Å². The molecule has 0 spiro atoms. The maximum Gasteiger partial charge on any atom is 0.179 e. The number of pyridine rings is 1. The van der Waals surface area contributed by atoms with Crippen LogP contribution in [0.25, 0.3) is 11.2 Å². The summed E-state index contributed by atoms with van der Waals surface area (Å²) in [6, 6.07) is 3.79. The van der Waals surface area contributed by atoms with Crippen molar-refractivity contribution in [3.63, 3.8) is 0 Å². The lowest BCUT2D eigenvalue weighted by molar-refractivity contribution is 0.678. The average molecular weight is 241 g/mol. The number of aromatic amines is 1. The van der Waals surface area contributed by atoms with Gasteiger partial charge in [0.15, 0.2) is 10.4 Å². The Bertz CT molecular complexity index is 558. The predicted molar refractivity (Wildman–Crippen MR) is 63.9 cm³/mol. The molecule has 1 N–H and O–H groups in total. The number of aromatic nitrogens is 3. The van der Waals surface area contributed by atoms with Crippen LogP contribution in [0.1, 0.15) is 0 Å². The first-order valence-electron chi connectivity index (χ1n) is 4.52. The number of fused-ring (bicyclic) bond motifs is 1. The molecule has 0 aliphatic rings. The van der Waals surface area contributed by atoms with Gasteiger partial charge in [0.2, 0.25) is 0 Å². The van der Waals surface area contributed by atoms with E-state index >= 15 is 0 Å². The maximum atomic E-state index is 11.0. The molecule has 0 aliphatic heterocycles. The van der Waals surface area contributed by atoms with Gasteiger partial charge in [-0.2, -0.15) is 0 Å². The summed E-state index contributed by atoms with van der Waals surface area (Å²) in [4.78, 5) is 7.31. The minimum Gasteiger partial charge on any atom is -0.329 e. The number of hydrogen-bond acceptors (Lipinski definition) is 3. The van der Waals surface area contributed by atoms with Crippen LogP contribution in [0.4, 0.5) is 0 Å². The summed E-state index contributed by atoms with van der Waals surface area (Å²) in [5.41, 5.74) is 1.75. The molecular formula is C9H11N3OS2. The Morgan fingerprint density at radius 1 is 1.67 bits per heavy atom.